The van der Waals surface area contributed by atoms with Crippen molar-refractivity contribution in [1.82, 2.24) is 0 Å². The fraction of sp³-hybridized carbons (Fsp3) is 0.917. The van der Waals surface area contributed by atoms with Crippen LogP contribution in [-0.2, 0) is 0 Å². The molecule has 3 radical (unpaired) electrons. The maximum absolute atomic E-state index is 2.54. The third-order valence-corrected chi connectivity index (χ3v) is 2.51. The molecule has 0 heterocycles. The Bertz CT molecular complexity index is 81.2. The molecule has 0 aromatic carbocycles. The molecule has 0 aliphatic rings. The zero-order chi connectivity index (χ0) is 9.23. The Kier molecular flexibility index (Phi) is 16.0. The molecule has 0 fully saturated rings. The van der Waals surface area contributed by atoms with Crippen molar-refractivity contribution in [3.8, 4) is 0 Å². The second-order valence-electron chi connectivity index (χ2n) is 3.69. The summed E-state index contributed by atoms with van der Waals surface area (Å²) >= 11 is 0. The van der Waals surface area contributed by atoms with E-state index in [1.165, 1.54) is 44.9 Å². The van der Waals surface area contributed by atoms with E-state index in [9.17, 15) is 0 Å². The summed E-state index contributed by atoms with van der Waals surface area (Å²) in [6.07, 6.45) is 12.1. The van der Waals surface area contributed by atoms with Crippen LogP contribution < -0.4 is 0 Å². The van der Waals surface area contributed by atoms with Crippen LogP contribution in [0.5, 0.6) is 0 Å². The van der Waals surface area contributed by atoms with Gasteiger partial charge in [0.1, 0.15) is 0 Å². The van der Waals surface area contributed by atoms with E-state index in [0.717, 1.165) is 5.92 Å². The molecule has 0 aromatic rings. The van der Waals surface area contributed by atoms with Gasteiger partial charge in [-0.1, -0.05) is 59.3 Å². The van der Waals surface area contributed by atoms with Crippen LogP contribution in [0.2, 0.25) is 0 Å². The first-order valence-electron chi connectivity index (χ1n) is 5.68. The summed E-state index contributed by atoms with van der Waals surface area (Å²) in [5.74, 6) is 0.900. The maximum atomic E-state index is 2.54. The van der Waals surface area contributed by atoms with Crippen molar-refractivity contribution in [1.29, 1.82) is 0 Å². The molecule has 0 bridgehead atoms. The Morgan fingerprint density at radius 1 is 1.00 bits per heavy atom. The molecule has 1 heteroatoms. The van der Waals surface area contributed by atoms with E-state index in [2.05, 4.69) is 27.2 Å². The van der Waals surface area contributed by atoms with Crippen molar-refractivity contribution < 1.29 is 0 Å². The first-order chi connectivity index (χ1) is 5.85. The molecule has 0 aliphatic heterocycles. The monoisotopic (exact) mass is 291 g/mol. The molecule has 0 aliphatic carbocycles. The van der Waals surface area contributed by atoms with Crippen molar-refractivity contribution >= 4 is 23.9 Å². The molecule has 0 saturated carbocycles. The molecule has 79 valence electrons. The normalized spacial score (nSPS) is 12.2. The summed E-state index contributed by atoms with van der Waals surface area (Å²) < 4.78 is 0. The van der Waals surface area contributed by atoms with Gasteiger partial charge in [-0.15, -0.1) is 0 Å². The Balaban J connectivity index is 0. The molecule has 0 saturated heterocycles. The minimum atomic E-state index is 0. The van der Waals surface area contributed by atoms with Crippen LogP contribution in [0.1, 0.15) is 65.7 Å². The molecule has 0 spiro atoms. The number of hydrogen-bond donors (Lipinski definition) is 0. The van der Waals surface area contributed by atoms with Gasteiger partial charge in [-0.25, -0.2) is 0 Å². The van der Waals surface area contributed by atoms with Crippen molar-refractivity contribution in [2.75, 3.05) is 0 Å². The van der Waals surface area contributed by atoms with Crippen molar-refractivity contribution in [2.24, 2.45) is 5.92 Å². The Labute approximate surface area is 102 Å². The standard InChI is InChI=1S/C12H25.Sn.2H/c1-4-7-9-11-12(6-3)10-8-5-2;;;/h11-12H,4-10H2,1-3H3;;;. The van der Waals surface area contributed by atoms with Crippen LogP contribution in [0.4, 0.5) is 0 Å². The zero-order valence-electron chi connectivity index (χ0n) is 9.81. The summed E-state index contributed by atoms with van der Waals surface area (Å²) in [7, 11) is 0. The molecule has 0 rings (SSSR count). The molecule has 0 nitrogen and oxygen atoms in total. The molecular formula is C12H27Sn. The Morgan fingerprint density at radius 3 is 2.08 bits per heavy atom. The first kappa shape index (κ1) is 16.2. The Morgan fingerprint density at radius 2 is 1.62 bits per heavy atom. The third-order valence-electron chi connectivity index (χ3n) is 2.51. The zero-order valence-corrected chi connectivity index (χ0v) is 13.8. The first-order valence-corrected chi connectivity index (χ1v) is 5.68. The van der Waals surface area contributed by atoms with Gasteiger partial charge in [0.25, 0.3) is 0 Å². The molecule has 0 N–H and O–H groups in total. The fourth-order valence-corrected chi connectivity index (χ4v) is 1.51. The summed E-state index contributed by atoms with van der Waals surface area (Å²) in [5.41, 5.74) is 0. The topological polar surface area (TPSA) is 0 Å². The van der Waals surface area contributed by atoms with Gasteiger partial charge in [0.2, 0.25) is 0 Å². The summed E-state index contributed by atoms with van der Waals surface area (Å²) in [6, 6.07) is 0. The van der Waals surface area contributed by atoms with Crippen molar-refractivity contribution in [2.45, 2.75) is 65.7 Å². The number of hydrogen-bond acceptors (Lipinski definition) is 0. The van der Waals surface area contributed by atoms with E-state index in [1.807, 2.05) is 0 Å². The van der Waals surface area contributed by atoms with Gasteiger partial charge in [-0.3, -0.25) is 0 Å². The molecule has 0 amide bonds. The number of rotatable bonds is 8. The van der Waals surface area contributed by atoms with Crippen molar-refractivity contribution in [3.63, 3.8) is 0 Å². The van der Waals surface area contributed by atoms with Crippen LogP contribution >= 0.6 is 0 Å². The SMILES string of the molecule is CCCC[CH]C(CC)CCCC.[SnH2]. The van der Waals surface area contributed by atoms with Gasteiger partial charge in [-0.2, -0.15) is 0 Å². The van der Waals surface area contributed by atoms with Crippen LogP contribution in [0.15, 0.2) is 0 Å². The molecule has 0 aromatic heterocycles. The van der Waals surface area contributed by atoms with Gasteiger partial charge in [0, 0.05) is 0 Å². The minimum absolute atomic E-state index is 0. The van der Waals surface area contributed by atoms with E-state index in [-0.39, 0.29) is 23.9 Å². The van der Waals surface area contributed by atoms with E-state index in [0.29, 0.717) is 0 Å². The fourth-order valence-electron chi connectivity index (χ4n) is 1.51. The summed E-state index contributed by atoms with van der Waals surface area (Å²) in [4.78, 5) is 0. The van der Waals surface area contributed by atoms with Gasteiger partial charge < -0.3 is 0 Å². The molecular weight excluding hydrogens is 263 g/mol. The van der Waals surface area contributed by atoms with Crippen LogP contribution in [-0.4, -0.2) is 23.9 Å². The second-order valence-corrected chi connectivity index (χ2v) is 3.69. The van der Waals surface area contributed by atoms with Gasteiger partial charge in [0.05, 0.1) is 0 Å². The summed E-state index contributed by atoms with van der Waals surface area (Å²) in [5, 5.41) is 0. The third kappa shape index (κ3) is 10.7. The van der Waals surface area contributed by atoms with E-state index < -0.39 is 0 Å². The van der Waals surface area contributed by atoms with Crippen molar-refractivity contribution in [3.05, 3.63) is 6.42 Å². The van der Waals surface area contributed by atoms with Crippen LogP contribution in [0.3, 0.4) is 0 Å². The number of unbranched alkanes of at least 4 members (excludes halogenated alkanes) is 3. The van der Waals surface area contributed by atoms with Gasteiger partial charge >= 0.3 is 23.9 Å². The van der Waals surface area contributed by atoms with E-state index in [4.69, 9.17) is 0 Å². The van der Waals surface area contributed by atoms with Crippen LogP contribution in [0, 0.1) is 12.3 Å². The predicted molar refractivity (Wildman–Crippen MR) is 65.7 cm³/mol. The Hall–Kier alpha value is 0.799. The predicted octanol–water partition coefficient (Wildman–Crippen LogP) is 3.68. The quantitative estimate of drug-likeness (QED) is 0.472. The average Bonchev–Trinajstić information content (AvgIpc) is 2.11. The van der Waals surface area contributed by atoms with Crippen LogP contribution in [0.25, 0.3) is 0 Å². The van der Waals surface area contributed by atoms with Gasteiger partial charge in [-0.05, 0) is 18.8 Å². The summed E-state index contributed by atoms with van der Waals surface area (Å²) in [6.45, 7) is 6.85. The van der Waals surface area contributed by atoms with E-state index >= 15 is 0 Å². The van der Waals surface area contributed by atoms with Gasteiger partial charge in [0.15, 0.2) is 0 Å². The van der Waals surface area contributed by atoms with E-state index in [1.54, 1.807) is 0 Å². The second kappa shape index (κ2) is 12.8. The molecule has 1 unspecified atom stereocenters. The average molecular weight is 290 g/mol. The molecule has 13 heavy (non-hydrogen) atoms. The molecule has 1 atom stereocenters.